The molecule has 0 radical (unpaired) electrons. The number of benzene rings is 1. The van der Waals surface area contributed by atoms with Crippen LogP contribution in [-0.4, -0.2) is 27.1 Å². The van der Waals surface area contributed by atoms with E-state index in [9.17, 15) is 4.79 Å². The first kappa shape index (κ1) is 14.4. The second kappa shape index (κ2) is 6.49. The maximum atomic E-state index is 11.8. The summed E-state index contributed by atoms with van der Waals surface area (Å²) < 4.78 is 1.80. The van der Waals surface area contributed by atoms with Gasteiger partial charge in [0, 0.05) is 17.8 Å². The molecule has 1 aliphatic carbocycles. The van der Waals surface area contributed by atoms with Gasteiger partial charge in [0.05, 0.1) is 0 Å². The molecule has 1 aromatic carbocycles. The van der Waals surface area contributed by atoms with Crippen LogP contribution in [-0.2, 0) is 0 Å². The van der Waals surface area contributed by atoms with Gasteiger partial charge in [-0.3, -0.25) is 4.57 Å². The van der Waals surface area contributed by atoms with Gasteiger partial charge in [0.25, 0.3) is 0 Å². The number of rotatable bonds is 7. The Labute approximate surface area is 128 Å². The topological polar surface area (TPSA) is 62.7 Å². The molecule has 1 unspecified atom stereocenters. The lowest BCUT2D eigenvalue weighted by Crippen LogP contribution is -2.23. The van der Waals surface area contributed by atoms with Gasteiger partial charge in [0.1, 0.15) is 0 Å². The van der Waals surface area contributed by atoms with Crippen molar-refractivity contribution in [3.8, 4) is 0 Å². The molecule has 1 saturated carbocycles. The zero-order valence-corrected chi connectivity index (χ0v) is 12.9. The van der Waals surface area contributed by atoms with Crippen LogP contribution in [0.1, 0.15) is 37.4 Å². The predicted molar refractivity (Wildman–Crippen MR) is 84.7 cm³/mol. The molecule has 1 atom stereocenters. The summed E-state index contributed by atoms with van der Waals surface area (Å²) in [6.45, 7) is 3.02. The fourth-order valence-electron chi connectivity index (χ4n) is 2.41. The number of hydrogen-bond acceptors (Lipinski definition) is 4. The third kappa shape index (κ3) is 3.39. The standard InChI is InChI=1S/C15H20N4OS/c1-2-16-13(11-6-4-3-5-7-11)10-21-15-18-17-14(20)19(15)12-8-9-12/h3-7,12-13,16H,2,8-10H2,1H3,(H,17,20). The number of aromatic amines is 1. The maximum absolute atomic E-state index is 11.8. The third-order valence-electron chi connectivity index (χ3n) is 3.62. The number of aromatic nitrogens is 3. The van der Waals surface area contributed by atoms with Gasteiger partial charge in [0.15, 0.2) is 5.16 Å². The molecule has 1 heterocycles. The fraction of sp³-hybridized carbons (Fsp3) is 0.467. The van der Waals surface area contributed by atoms with Gasteiger partial charge in [-0.2, -0.15) is 0 Å². The Morgan fingerprint density at radius 2 is 2.19 bits per heavy atom. The minimum atomic E-state index is -0.0836. The number of H-pyrrole nitrogens is 1. The highest BCUT2D eigenvalue weighted by molar-refractivity contribution is 7.99. The van der Waals surface area contributed by atoms with Crippen molar-refractivity contribution in [3.63, 3.8) is 0 Å². The zero-order chi connectivity index (χ0) is 14.7. The second-order valence-corrected chi connectivity index (χ2v) is 6.23. The quantitative estimate of drug-likeness (QED) is 0.771. The molecule has 0 saturated heterocycles. The Balaban J connectivity index is 1.71. The van der Waals surface area contributed by atoms with Crippen LogP contribution >= 0.6 is 11.8 Å². The summed E-state index contributed by atoms with van der Waals surface area (Å²) in [6, 6.07) is 11.0. The summed E-state index contributed by atoms with van der Waals surface area (Å²) in [6.07, 6.45) is 2.17. The zero-order valence-electron chi connectivity index (χ0n) is 12.1. The average molecular weight is 304 g/mol. The molecule has 112 valence electrons. The summed E-state index contributed by atoms with van der Waals surface area (Å²) in [5, 5.41) is 11.0. The number of thioether (sulfide) groups is 1. The lowest BCUT2D eigenvalue weighted by molar-refractivity contribution is 0.601. The summed E-state index contributed by atoms with van der Waals surface area (Å²) >= 11 is 1.64. The lowest BCUT2D eigenvalue weighted by Gasteiger charge is -2.17. The minimum absolute atomic E-state index is 0.0836. The molecule has 2 aromatic rings. The van der Waals surface area contributed by atoms with Crippen LogP contribution in [0.3, 0.4) is 0 Å². The normalized spacial score (nSPS) is 16.0. The SMILES string of the molecule is CCNC(CSc1n[nH]c(=O)n1C1CC1)c1ccccc1. The highest BCUT2D eigenvalue weighted by Crippen LogP contribution is 2.36. The largest absolute Gasteiger partial charge is 0.344 e. The third-order valence-corrected chi connectivity index (χ3v) is 4.66. The molecule has 1 fully saturated rings. The van der Waals surface area contributed by atoms with Crippen LogP contribution in [0.2, 0.25) is 0 Å². The van der Waals surface area contributed by atoms with E-state index in [-0.39, 0.29) is 11.7 Å². The minimum Gasteiger partial charge on any atom is -0.309 e. The fourth-order valence-corrected chi connectivity index (χ4v) is 3.52. The van der Waals surface area contributed by atoms with E-state index < -0.39 is 0 Å². The van der Waals surface area contributed by atoms with Crippen molar-refractivity contribution in [1.82, 2.24) is 20.1 Å². The molecule has 5 nitrogen and oxygen atoms in total. The van der Waals surface area contributed by atoms with E-state index in [2.05, 4.69) is 46.7 Å². The molecule has 1 aromatic heterocycles. The van der Waals surface area contributed by atoms with Crippen molar-refractivity contribution < 1.29 is 0 Å². The average Bonchev–Trinajstić information content (AvgIpc) is 3.28. The van der Waals surface area contributed by atoms with Gasteiger partial charge in [-0.25, -0.2) is 9.89 Å². The number of nitrogens with zero attached hydrogens (tertiary/aromatic N) is 2. The predicted octanol–water partition coefficient (Wildman–Crippen LogP) is 2.35. The van der Waals surface area contributed by atoms with Gasteiger partial charge in [0.2, 0.25) is 0 Å². The van der Waals surface area contributed by atoms with E-state index in [4.69, 9.17) is 0 Å². The van der Waals surface area contributed by atoms with Crippen LogP contribution in [0, 0.1) is 0 Å². The molecule has 2 N–H and O–H groups in total. The molecule has 21 heavy (non-hydrogen) atoms. The number of hydrogen-bond donors (Lipinski definition) is 2. The maximum Gasteiger partial charge on any atom is 0.344 e. The van der Waals surface area contributed by atoms with E-state index in [0.29, 0.717) is 6.04 Å². The second-order valence-electron chi connectivity index (χ2n) is 5.24. The van der Waals surface area contributed by atoms with E-state index in [0.717, 1.165) is 30.3 Å². The van der Waals surface area contributed by atoms with Crippen LogP contribution in [0.15, 0.2) is 40.3 Å². The van der Waals surface area contributed by atoms with Gasteiger partial charge in [-0.15, -0.1) is 5.10 Å². The molecule has 0 spiro atoms. The Morgan fingerprint density at radius 1 is 1.43 bits per heavy atom. The molecular formula is C15H20N4OS. The van der Waals surface area contributed by atoms with Crippen LogP contribution in [0.4, 0.5) is 0 Å². The smallest absolute Gasteiger partial charge is 0.309 e. The molecule has 3 rings (SSSR count). The molecule has 6 heteroatoms. The summed E-state index contributed by atoms with van der Waals surface area (Å²) in [4.78, 5) is 11.8. The molecule has 1 aliphatic rings. The Hall–Kier alpha value is -1.53. The summed E-state index contributed by atoms with van der Waals surface area (Å²) in [5.74, 6) is 0.856. The first-order chi connectivity index (χ1) is 10.3. The van der Waals surface area contributed by atoms with Crippen molar-refractivity contribution in [2.75, 3.05) is 12.3 Å². The highest BCUT2D eigenvalue weighted by atomic mass is 32.2. The van der Waals surface area contributed by atoms with Crippen molar-refractivity contribution in [2.24, 2.45) is 0 Å². The Bertz CT molecular complexity index is 633. The summed E-state index contributed by atoms with van der Waals surface area (Å²) in [7, 11) is 0. The van der Waals surface area contributed by atoms with E-state index in [1.165, 1.54) is 5.56 Å². The van der Waals surface area contributed by atoms with Crippen LogP contribution < -0.4 is 11.0 Å². The number of nitrogens with one attached hydrogen (secondary N) is 2. The monoisotopic (exact) mass is 304 g/mol. The highest BCUT2D eigenvalue weighted by Gasteiger charge is 2.28. The van der Waals surface area contributed by atoms with Gasteiger partial charge < -0.3 is 5.32 Å². The van der Waals surface area contributed by atoms with Gasteiger partial charge >= 0.3 is 5.69 Å². The van der Waals surface area contributed by atoms with Gasteiger partial charge in [-0.1, -0.05) is 49.0 Å². The summed E-state index contributed by atoms with van der Waals surface area (Å²) in [5.41, 5.74) is 1.18. The molecule has 0 bridgehead atoms. The molecular weight excluding hydrogens is 284 g/mol. The van der Waals surface area contributed by atoms with Gasteiger partial charge in [-0.05, 0) is 24.9 Å². The molecule has 0 amide bonds. The van der Waals surface area contributed by atoms with E-state index in [1.54, 1.807) is 16.3 Å². The van der Waals surface area contributed by atoms with Crippen molar-refractivity contribution in [3.05, 3.63) is 46.4 Å². The van der Waals surface area contributed by atoms with E-state index >= 15 is 0 Å². The van der Waals surface area contributed by atoms with E-state index in [1.807, 2.05) is 6.07 Å². The van der Waals surface area contributed by atoms with Crippen molar-refractivity contribution >= 4 is 11.8 Å². The van der Waals surface area contributed by atoms with Crippen LogP contribution in [0.25, 0.3) is 0 Å². The molecule has 0 aliphatic heterocycles. The van der Waals surface area contributed by atoms with Crippen LogP contribution in [0.5, 0.6) is 0 Å². The van der Waals surface area contributed by atoms with Crippen molar-refractivity contribution in [2.45, 2.75) is 37.0 Å². The lowest BCUT2D eigenvalue weighted by atomic mass is 10.1. The Kier molecular flexibility index (Phi) is 4.45. The Morgan fingerprint density at radius 3 is 2.86 bits per heavy atom. The van der Waals surface area contributed by atoms with Crippen molar-refractivity contribution in [1.29, 1.82) is 0 Å². The first-order valence-corrected chi connectivity index (χ1v) is 8.36. The first-order valence-electron chi connectivity index (χ1n) is 7.37.